The van der Waals surface area contributed by atoms with E-state index in [2.05, 4.69) is 5.16 Å². The minimum Gasteiger partial charge on any atom is -0.409 e. The first-order chi connectivity index (χ1) is 3.18. The Morgan fingerprint density at radius 1 is 1.57 bits per heavy atom. The van der Waals surface area contributed by atoms with Crippen LogP contribution in [0.2, 0.25) is 0 Å². The van der Waals surface area contributed by atoms with Crippen molar-refractivity contribution in [3.05, 3.63) is 0 Å². The number of amidine groups is 2. The molecule has 0 atom stereocenters. The second kappa shape index (κ2) is 2.01. The van der Waals surface area contributed by atoms with Crippen LogP contribution in [0.15, 0.2) is 5.16 Å². The van der Waals surface area contributed by atoms with Crippen molar-refractivity contribution in [2.24, 2.45) is 16.6 Å². The summed E-state index contributed by atoms with van der Waals surface area (Å²) in [7, 11) is 0. The molecule has 0 aromatic heterocycles. The van der Waals surface area contributed by atoms with Crippen LogP contribution in [0.3, 0.4) is 0 Å². The van der Waals surface area contributed by atoms with E-state index in [0.717, 1.165) is 0 Å². The molecule has 7 heavy (non-hydrogen) atoms. The lowest BCUT2D eigenvalue weighted by atomic mass is 10.6. The molecular formula is C2H6N4O. The number of nitrogens with zero attached hydrogens (tertiary/aromatic N) is 1. The zero-order chi connectivity index (χ0) is 5.86. The number of oxime groups is 1. The summed E-state index contributed by atoms with van der Waals surface area (Å²) >= 11 is 0. The van der Waals surface area contributed by atoms with Crippen LogP contribution in [0.5, 0.6) is 0 Å². The van der Waals surface area contributed by atoms with Crippen LogP contribution in [-0.4, -0.2) is 16.9 Å². The molecule has 6 N–H and O–H groups in total. The van der Waals surface area contributed by atoms with Crippen LogP contribution >= 0.6 is 0 Å². The van der Waals surface area contributed by atoms with E-state index in [4.69, 9.17) is 22.1 Å². The van der Waals surface area contributed by atoms with Gasteiger partial charge in [-0.25, -0.2) is 0 Å². The van der Waals surface area contributed by atoms with Crippen LogP contribution in [0, 0.1) is 5.41 Å². The van der Waals surface area contributed by atoms with Crippen LogP contribution in [0.1, 0.15) is 0 Å². The molecule has 0 fully saturated rings. The van der Waals surface area contributed by atoms with Gasteiger partial charge in [-0.2, -0.15) is 0 Å². The van der Waals surface area contributed by atoms with Crippen molar-refractivity contribution in [2.45, 2.75) is 0 Å². The van der Waals surface area contributed by atoms with E-state index in [1.807, 2.05) is 0 Å². The van der Waals surface area contributed by atoms with E-state index in [1.165, 1.54) is 0 Å². The summed E-state index contributed by atoms with van der Waals surface area (Å²) in [6.07, 6.45) is 0. The lowest BCUT2D eigenvalue weighted by Gasteiger charge is -1.87. The fraction of sp³-hybridized carbons (Fsp3) is 0. The van der Waals surface area contributed by atoms with E-state index in [1.54, 1.807) is 0 Å². The van der Waals surface area contributed by atoms with Gasteiger partial charge >= 0.3 is 0 Å². The van der Waals surface area contributed by atoms with E-state index in [0.29, 0.717) is 0 Å². The number of nitrogens with one attached hydrogen (secondary N) is 1. The zero-order valence-electron chi connectivity index (χ0n) is 3.55. The highest BCUT2D eigenvalue weighted by Crippen LogP contribution is 1.58. The minimum atomic E-state index is -0.428. The highest BCUT2D eigenvalue weighted by atomic mass is 16.4. The van der Waals surface area contributed by atoms with Gasteiger partial charge in [0.05, 0.1) is 0 Å². The molecule has 0 saturated carbocycles. The monoisotopic (exact) mass is 102 g/mol. The van der Waals surface area contributed by atoms with Crippen LogP contribution in [0.4, 0.5) is 0 Å². The van der Waals surface area contributed by atoms with Crippen molar-refractivity contribution in [1.29, 1.82) is 5.41 Å². The smallest absolute Gasteiger partial charge is 0.204 e. The average Bonchev–Trinajstić information content (AvgIpc) is 1.65. The van der Waals surface area contributed by atoms with E-state index < -0.39 is 5.84 Å². The van der Waals surface area contributed by atoms with E-state index in [9.17, 15) is 0 Å². The van der Waals surface area contributed by atoms with Gasteiger partial charge in [0.25, 0.3) is 0 Å². The highest BCUT2D eigenvalue weighted by Gasteiger charge is 1.90. The predicted molar refractivity (Wildman–Crippen MR) is 25.3 cm³/mol. The molecule has 5 nitrogen and oxygen atoms in total. The Bertz CT molecular complexity index is 106. The standard InChI is InChI=1S/C2H6N4O/c3-1(4)2(5)6-7/h7H,(H3,3,4)(H2,5,6). The van der Waals surface area contributed by atoms with Gasteiger partial charge in [0.15, 0.2) is 5.84 Å². The number of rotatable bonds is 0. The largest absolute Gasteiger partial charge is 0.409 e. The van der Waals surface area contributed by atoms with E-state index in [-0.39, 0.29) is 5.84 Å². The highest BCUT2D eigenvalue weighted by molar-refractivity contribution is 6.37. The first kappa shape index (κ1) is 5.74. The third-order valence-electron chi connectivity index (χ3n) is 0.384. The normalized spacial score (nSPS) is 11.1. The average molecular weight is 102 g/mol. The molecule has 0 amide bonds. The maximum atomic E-state index is 7.75. The van der Waals surface area contributed by atoms with Gasteiger partial charge in [-0.3, -0.25) is 5.41 Å². The summed E-state index contributed by atoms with van der Waals surface area (Å²) in [4.78, 5) is 0. The zero-order valence-corrected chi connectivity index (χ0v) is 3.55. The van der Waals surface area contributed by atoms with Crippen LogP contribution < -0.4 is 11.5 Å². The molecule has 0 unspecified atom stereocenters. The molecule has 0 aliphatic carbocycles. The van der Waals surface area contributed by atoms with Crippen molar-refractivity contribution in [1.82, 2.24) is 0 Å². The number of nitrogens with two attached hydrogens (primary N) is 2. The Morgan fingerprint density at radius 3 is 2.00 bits per heavy atom. The lowest BCUT2D eigenvalue weighted by Crippen LogP contribution is -2.29. The molecule has 0 aromatic carbocycles. The van der Waals surface area contributed by atoms with Gasteiger partial charge in [0.2, 0.25) is 5.84 Å². The molecule has 0 bridgehead atoms. The van der Waals surface area contributed by atoms with Gasteiger partial charge in [-0.1, -0.05) is 5.16 Å². The van der Waals surface area contributed by atoms with Crippen molar-refractivity contribution in [3.8, 4) is 0 Å². The second-order valence-corrected chi connectivity index (χ2v) is 0.899. The Kier molecular flexibility index (Phi) is 1.65. The molecule has 0 radical (unpaired) electrons. The van der Waals surface area contributed by atoms with Crippen molar-refractivity contribution in [2.75, 3.05) is 0 Å². The third kappa shape index (κ3) is 1.58. The molecular weight excluding hydrogens is 96.0 g/mol. The fourth-order valence-corrected chi connectivity index (χ4v) is 0.0539. The fourth-order valence-electron chi connectivity index (χ4n) is 0.0539. The topological polar surface area (TPSA) is 108 Å². The van der Waals surface area contributed by atoms with Gasteiger partial charge in [0, 0.05) is 0 Å². The summed E-state index contributed by atoms with van der Waals surface area (Å²) in [5, 5.41) is 16.6. The van der Waals surface area contributed by atoms with Crippen LogP contribution in [0.25, 0.3) is 0 Å². The Labute approximate surface area is 40.1 Å². The molecule has 0 aliphatic heterocycles. The van der Waals surface area contributed by atoms with Crippen molar-refractivity contribution < 1.29 is 5.21 Å². The summed E-state index contributed by atoms with van der Waals surface area (Å²) in [6.45, 7) is 0. The minimum absolute atomic E-state index is 0.361. The Balaban J connectivity index is 3.82. The molecule has 0 heterocycles. The van der Waals surface area contributed by atoms with Crippen molar-refractivity contribution in [3.63, 3.8) is 0 Å². The number of hydrogen-bond acceptors (Lipinski definition) is 3. The Morgan fingerprint density at radius 2 is 2.00 bits per heavy atom. The summed E-state index contributed by atoms with van der Waals surface area (Å²) in [6, 6.07) is 0. The summed E-state index contributed by atoms with van der Waals surface area (Å²) < 4.78 is 0. The van der Waals surface area contributed by atoms with Gasteiger partial charge in [0.1, 0.15) is 0 Å². The van der Waals surface area contributed by atoms with Gasteiger partial charge in [-0.05, 0) is 0 Å². The molecule has 0 spiro atoms. The molecule has 0 saturated heterocycles. The SMILES string of the molecule is N=C(N)C(N)=NO. The Hall–Kier alpha value is -1.26. The first-order valence-electron chi connectivity index (χ1n) is 1.50. The maximum absolute atomic E-state index is 7.75. The summed E-state index contributed by atoms with van der Waals surface area (Å²) in [5.74, 6) is -0.789. The van der Waals surface area contributed by atoms with Crippen molar-refractivity contribution >= 4 is 11.7 Å². The molecule has 5 heteroatoms. The quantitative estimate of drug-likeness (QED) is 0.132. The molecule has 40 valence electrons. The third-order valence-corrected chi connectivity index (χ3v) is 0.384. The van der Waals surface area contributed by atoms with Gasteiger partial charge < -0.3 is 16.7 Å². The van der Waals surface area contributed by atoms with E-state index >= 15 is 0 Å². The van der Waals surface area contributed by atoms with Gasteiger partial charge in [-0.15, -0.1) is 0 Å². The second-order valence-electron chi connectivity index (χ2n) is 0.899. The first-order valence-corrected chi connectivity index (χ1v) is 1.50. The molecule has 0 rings (SSSR count). The van der Waals surface area contributed by atoms with Crippen LogP contribution in [-0.2, 0) is 0 Å². The number of hydrogen-bond donors (Lipinski definition) is 4. The summed E-state index contributed by atoms with van der Waals surface area (Å²) in [5.41, 5.74) is 9.48. The maximum Gasteiger partial charge on any atom is 0.204 e. The molecule has 0 aromatic rings. The predicted octanol–water partition coefficient (Wildman–Crippen LogP) is -1.33. The lowest BCUT2D eigenvalue weighted by molar-refractivity contribution is 0.319. The molecule has 0 aliphatic rings.